The average Bonchev–Trinajstić information content (AvgIpc) is 2.62. The topological polar surface area (TPSA) is 85.7 Å². The van der Waals surface area contributed by atoms with Crippen LogP contribution in [0.25, 0.3) is 0 Å². The molecule has 8 heteroatoms. The van der Waals surface area contributed by atoms with Gasteiger partial charge in [-0.25, -0.2) is 0 Å². The Balaban J connectivity index is 0.00000338. The number of nitro groups is 1. The Morgan fingerprint density at radius 3 is 2.42 bits per heavy atom. The second kappa shape index (κ2) is 11.2. The summed E-state index contributed by atoms with van der Waals surface area (Å²) >= 11 is 0. The third kappa shape index (κ3) is 6.42. The third-order valence-electron chi connectivity index (χ3n) is 3.57. The van der Waals surface area contributed by atoms with E-state index in [1.54, 1.807) is 19.2 Å². The summed E-state index contributed by atoms with van der Waals surface area (Å²) in [6.07, 6.45) is 0. The Labute approximate surface area is 159 Å². The summed E-state index contributed by atoms with van der Waals surface area (Å²) in [5.74, 6) is 1.47. The number of hydrogen-bond donors (Lipinski definition) is 2. The molecule has 0 spiro atoms. The SMILES string of the molecule is CCOc1cc(CNCCNc2ccc([N+](=O)[O-])cc2)ccc1OC.Cl. The summed E-state index contributed by atoms with van der Waals surface area (Å²) in [4.78, 5) is 10.2. The molecule has 0 heterocycles. The van der Waals surface area contributed by atoms with E-state index >= 15 is 0 Å². The van der Waals surface area contributed by atoms with Crippen molar-refractivity contribution >= 4 is 23.8 Å². The molecule has 0 atom stereocenters. The molecular formula is C18H24ClN3O4. The van der Waals surface area contributed by atoms with Gasteiger partial charge in [0.15, 0.2) is 11.5 Å². The number of hydrogen-bond acceptors (Lipinski definition) is 6. The Kier molecular flexibility index (Phi) is 9.25. The monoisotopic (exact) mass is 381 g/mol. The van der Waals surface area contributed by atoms with Crippen LogP contribution in [0.3, 0.4) is 0 Å². The van der Waals surface area contributed by atoms with E-state index in [0.29, 0.717) is 19.7 Å². The molecule has 142 valence electrons. The van der Waals surface area contributed by atoms with E-state index in [1.165, 1.54) is 12.1 Å². The normalized spacial score (nSPS) is 9.92. The van der Waals surface area contributed by atoms with E-state index < -0.39 is 4.92 Å². The van der Waals surface area contributed by atoms with Crippen LogP contribution in [0.5, 0.6) is 11.5 Å². The Bertz CT molecular complexity index is 695. The minimum atomic E-state index is -0.406. The smallest absolute Gasteiger partial charge is 0.269 e. The first-order valence-corrected chi connectivity index (χ1v) is 8.12. The highest BCUT2D eigenvalue weighted by molar-refractivity contribution is 5.85. The Hall–Kier alpha value is -2.51. The fourth-order valence-electron chi connectivity index (χ4n) is 2.33. The van der Waals surface area contributed by atoms with Gasteiger partial charge < -0.3 is 20.1 Å². The van der Waals surface area contributed by atoms with Gasteiger partial charge in [-0.15, -0.1) is 12.4 Å². The molecular weight excluding hydrogens is 358 g/mol. The van der Waals surface area contributed by atoms with Crippen molar-refractivity contribution in [3.63, 3.8) is 0 Å². The van der Waals surface area contributed by atoms with Crippen LogP contribution in [0, 0.1) is 10.1 Å². The van der Waals surface area contributed by atoms with Gasteiger partial charge in [-0.3, -0.25) is 10.1 Å². The number of ether oxygens (including phenoxy) is 2. The molecule has 0 radical (unpaired) electrons. The van der Waals surface area contributed by atoms with Gasteiger partial charge in [0, 0.05) is 37.5 Å². The number of anilines is 1. The van der Waals surface area contributed by atoms with Crippen LogP contribution in [-0.2, 0) is 6.54 Å². The lowest BCUT2D eigenvalue weighted by Gasteiger charge is -2.12. The lowest BCUT2D eigenvalue weighted by Crippen LogP contribution is -2.21. The summed E-state index contributed by atoms with van der Waals surface area (Å²) in [5.41, 5.74) is 2.06. The number of methoxy groups -OCH3 is 1. The first-order valence-electron chi connectivity index (χ1n) is 8.12. The summed E-state index contributed by atoms with van der Waals surface area (Å²) in [6, 6.07) is 12.3. The van der Waals surface area contributed by atoms with Crippen LogP contribution in [0.2, 0.25) is 0 Å². The summed E-state index contributed by atoms with van der Waals surface area (Å²) < 4.78 is 10.8. The minimum absolute atomic E-state index is 0. The van der Waals surface area contributed by atoms with E-state index in [-0.39, 0.29) is 18.1 Å². The molecule has 0 aliphatic carbocycles. The largest absolute Gasteiger partial charge is 0.493 e. The number of benzene rings is 2. The first kappa shape index (κ1) is 21.5. The van der Waals surface area contributed by atoms with Crippen LogP contribution in [0.4, 0.5) is 11.4 Å². The molecule has 2 aromatic carbocycles. The van der Waals surface area contributed by atoms with Crippen molar-refractivity contribution in [2.45, 2.75) is 13.5 Å². The molecule has 7 nitrogen and oxygen atoms in total. The van der Waals surface area contributed by atoms with Crippen molar-refractivity contribution in [2.75, 3.05) is 32.1 Å². The van der Waals surface area contributed by atoms with Crippen molar-refractivity contribution in [2.24, 2.45) is 0 Å². The van der Waals surface area contributed by atoms with Crippen LogP contribution in [0.1, 0.15) is 12.5 Å². The standard InChI is InChI=1S/C18H23N3O4.ClH/c1-3-25-18-12-14(4-9-17(18)24-2)13-19-10-11-20-15-5-7-16(8-6-15)21(22)23;/h4-9,12,19-20H,3,10-11,13H2,1-2H3;1H. The van der Waals surface area contributed by atoms with Gasteiger partial charge >= 0.3 is 0 Å². The van der Waals surface area contributed by atoms with Crippen molar-refractivity contribution in [3.05, 3.63) is 58.1 Å². The summed E-state index contributed by atoms with van der Waals surface area (Å²) in [5, 5.41) is 17.2. The molecule has 0 amide bonds. The average molecular weight is 382 g/mol. The first-order chi connectivity index (χ1) is 12.1. The predicted molar refractivity (Wildman–Crippen MR) is 105 cm³/mol. The van der Waals surface area contributed by atoms with Crippen LogP contribution < -0.4 is 20.1 Å². The van der Waals surface area contributed by atoms with E-state index in [2.05, 4.69) is 10.6 Å². The number of nitrogens with one attached hydrogen (secondary N) is 2. The molecule has 0 aliphatic rings. The molecule has 26 heavy (non-hydrogen) atoms. The van der Waals surface area contributed by atoms with Crippen molar-refractivity contribution < 1.29 is 14.4 Å². The predicted octanol–water partition coefficient (Wildman–Crippen LogP) is 3.63. The van der Waals surface area contributed by atoms with E-state index in [4.69, 9.17) is 9.47 Å². The zero-order chi connectivity index (χ0) is 18.1. The Morgan fingerprint density at radius 2 is 1.81 bits per heavy atom. The number of halogens is 1. The number of nitro benzene ring substituents is 1. The third-order valence-corrected chi connectivity index (χ3v) is 3.57. The number of nitrogens with zero attached hydrogens (tertiary/aromatic N) is 1. The lowest BCUT2D eigenvalue weighted by atomic mass is 10.2. The van der Waals surface area contributed by atoms with Gasteiger partial charge in [-0.1, -0.05) is 6.07 Å². The quantitative estimate of drug-likeness (QED) is 0.371. The molecule has 2 aromatic rings. The van der Waals surface area contributed by atoms with Gasteiger partial charge in [0.25, 0.3) is 5.69 Å². The summed E-state index contributed by atoms with van der Waals surface area (Å²) in [6.45, 7) is 4.71. The van der Waals surface area contributed by atoms with Gasteiger partial charge in [-0.2, -0.15) is 0 Å². The fraction of sp³-hybridized carbons (Fsp3) is 0.333. The van der Waals surface area contributed by atoms with E-state index in [1.807, 2.05) is 25.1 Å². The molecule has 0 saturated carbocycles. The van der Waals surface area contributed by atoms with E-state index in [0.717, 1.165) is 29.3 Å². The number of rotatable bonds is 10. The van der Waals surface area contributed by atoms with Gasteiger partial charge in [0.1, 0.15) is 0 Å². The Morgan fingerprint density at radius 1 is 1.08 bits per heavy atom. The zero-order valence-electron chi connectivity index (χ0n) is 14.9. The molecule has 0 aliphatic heterocycles. The van der Waals surface area contributed by atoms with Gasteiger partial charge in [0.05, 0.1) is 18.6 Å². The van der Waals surface area contributed by atoms with Crippen LogP contribution in [-0.4, -0.2) is 31.7 Å². The molecule has 2 N–H and O–H groups in total. The fourth-order valence-corrected chi connectivity index (χ4v) is 2.33. The van der Waals surface area contributed by atoms with Crippen molar-refractivity contribution in [3.8, 4) is 11.5 Å². The highest BCUT2D eigenvalue weighted by atomic mass is 35.5. The maximum atomic E-state index is 10.6. The zero-order valence-corrected chi connectivity index (χ0v) is 15.7. The maximum absolute atomic E-state index is 10.6. The van der Waals surface area contributed by atoms with Gasteiger partial charge in [0.2, 0.25) is 0 Å². The van der Waals surface area contributed by atoms with Crippen molar-refractivity contribution in [1.82, 2.24) is 5.32 Å². The molecule has 0 bridgehead atoms. The minimum Gasteiger partial charge on any atom is -0.493 e. The second-order valence-corrected chi connectivity index (χ2v) is 5.33. The second-order valence-electron chi connectivity index (χ2n) is 5.33. The highest BCUT2D eigenvalue weighted by Gasteiger charge is 2.05. The highest BCUT2D eigenvalue weighted by Crippen LogP contribution is 2.27. The molecule has 0 saturated heterocycles. The maximum Gasteiger partial charge on any atom is 0.269 e. The van der Waals surface area contributed by atoms with Crippen LogP contribution in [0.15, 0.2) is 42.5 Å². The van der Waals surface area contributed by atoms with Crippen molar-refractivity contribution in [1.29, 1.82) is 0 Å². The molecule has 0 fully saturated rings. The van der Waals surface area contributed by atoms with E-state index in [9.17, 15) is 10.1 Å². The van der Waals surface area contributed by atoms with Gasteiger partial charge in [-0.05, 0) is 36.8 Å². The molecule has 0 unspecified atom stereocenters. The summed E-state index contributed by atoms with van der Waals surface area (Å²) in [7, 11) is 1.62. The number of non-ortho nitro benzene ring substituents is 1. The van der Waals surface area contributed by atoms with Crippen LogP contribution >= 0.6 is 12.4 Å². The molecule has 2 rings (SSSR count). The lowest BCUT2D eigenvalue weighted by molar-refractivity contribution is -0.384. The molecule has 0 aromatic heterocycles.